The summed E-state index contributed by atoms with van der Waals surface area (Å²) < 4.78 is 1.45. The van der Waals surface area contributed by atoms with E-state index in [9.17, 15) is 4.79 Å². The van der Waals surface area contributed by atoms with E-state index >= 15 is 0 Å². The van der Waals surface area contributed by atoms with Crippen LogP contribution in [0.5, 0.6) is 0 Å². The SMILES string of the molecule is Cc1ccc(-c2nnc(SC(C(=O)N(C)C)C(C)C)n2N)cc1. The highest BCUT2D eigenvalue weighted by Crippen LogP contribution is 2.29. The quantitative estimate of drug-likeness (QED) is 0.670. The fourth-order valence-electron chi connectivity index (χ4n) is 2.10. The van der Waals surface area contributed by atoms with E-state index < -0.39 is 0 Å². The standard InChI is InChI=1S/C16H23N5OS/c1-10(2)13(15(22)20(4)5)23-16-19-18-14(21(16)17)12-8-6-11(3)7-9-12/h6-10,13H,17H2,1-5H3. The average Bonchev–Trinajstić information content (AvgIpc) is 2.85. The van der Waals surface area contributed by atoms with Gasteiger partial charge in [0.2, 0.25) is 11.1 Å². The van der Waals surface area contributed by atoms with Crippen molar-refractivity contribution in [1.82, 2.24) is 19.8 Å². The molecule has 1 aromatic heterocycles. The molecular weight excluding hydrogens is 310 g/mol. The van der Waals surface area contributed by atoms with Crippen LogP contribution in [0, 0.1) is 12.8 Å². The van der Waals surface area contributed by atoms with Crippen molar-refractivity contribution in [2.75, 3.05) is 19.9 Å². The molecule has 23 heavy (non-hydrogen) atoms. The van der Waals surface area contributed by atoms with Gasteiger partial charge in [-0.25, -0.2) is 4.68 Å². The van der Waals surface area contributed by atoms with Crippen molar-refractivity contribution < 1.29 is 4.79 Å². The second-order valence-corrected chi connectivity index (χ2v) is 7.17. The fourth-order valence-corrected chi connectivity index (χ4v) is 3.20. The molecule has 124 valence electrons. The first kappa shape index (κ1) is 17.3. The molecule has 0 radical (unpaired) electrons. The Hall–Kier alpha value is -2.02. The first-order valence-electron chi connectivity index (χ1n) is 7.46. The maximum Gasteiger partial charge on any atom is 0.235 e. The van der Waals surface area contributed by atoms with Crippen molar-refractivity contribution in [2.45, 2.75) is 31.2 Å². The van der Waals surface area contributed by atoms with Gasteiger partial charge < -0.3 is 10.7 Å². The van der Waals surface area contributed by atoms with Crippen molar-refractivity contribution in [3.8, 4) is 11.4 Å². The van der Waals surface area contributed by atoms with Crippen molar-refractivity contribution in [3.63, 3.8) is 0 Å². The highest BCUT2D eigenvalue weighted by molar-refractivity contribution is 8.00. The zero-order valence-electron chi connectivity index (χ0n) is 14.1. The minimum absolute atomic E-state index is 0.0462. The van der Waals surface area contributed by atoms with Crippen LogP contribution >= 0.6 is 11.8 Å². The lowest BCUT2D eigenvalue weighted by Crippen LogP contribution is -2.35. The van der Waals surface area contributed by atoms with E-state index in [1.807, 2.05) is 45.0 Å². The summed E-state index contributed by atoms with van der Waals surface area (Å²) >= 11 is 1.35. The van der Waals surface area contributed by atoms with Gasteiger partial charge in [-0.1, -0.05) is 55.4 Å². The molecule has 0 bridgehead atoms. The summed E-state index contributed by atoms with van der Waals surface area (Å²) in [7, 11) is 3.51. The van der Waals surface area contributed by atoms with E-state index in [0.29, 0.717) is 11.0 Å². The molecule has 1 atom stereocenters. The summed E-state index contributed by atoms with van der Waals surface area (Å²) in [6, 6.07) is 7.93. The number of aryl methyl sites for hydroxylation is 1. The molecule has 2 rings (SSSR count). The smallest absolute Gasteiger partial charge is 0.235 e. The lowest BCUT2D eigenvalue weighted by Gasteiger charge is -2.22. The Balaban J connectivity index is 2.27. The van der Waals surface area contributed by atoms with Gasteiger partial charge in [0, 0.05) is 19.7 Å². The van der Waals surface area contributed by atoms with Crippen LogP contribution in [0.25, 0.3) is 11.4 Å². The van der Waals surface area contributed by atoms with E-state index in [-0.39, 0.29) is 17.1 Å². The van der Waals surface area contributed by atoms with Crippen molar-refractivity contribution in [3.05, 3.63) is 29.8 Å². The highest BCUT2D eigenvalue weighted by atomic mass is 32.2. The molecule has 6 nitrogen and oxygen atoms in total. The monoisotopic (exact) mass is 333 g/mol. The number of amides is 1. The Morgan fingerprint density at radius 3 is 2.35 bits per heavy atom. The lowest BCUT2D eigenvalue weighted by atomic mass is 10.1. The second kappa shape index (κ2) is 7.04. The first-order chi connectivity index (χ1) is 10.8. The normalized spacial score (nSPS) is 12.4. The van der Waals surface area contributed by atoms with Crippen LogP contribution in [0.1, 0.15) is 19.4 Å². The van der Waals surface area contributed by atoms with Crippen molar-refractivity contribution in [2.24, 2.45) is 5.92 Å². The molecule has 0 saturated heterocycles. The molecular formula is C16H23N5OS. The van der Waals surface area contributed by atoms with E-state index in [1.165, 1.54) is 22.0 Å². The van der Waals surface area contributed by atoms with Gasteiger partial charge in [-0.3, -0.25) is 4.79 Å². The molecule has 1 aromatic carbocycles. The summed E-state index contributed by atoms with van der Waals surface area (Å²) in [6.45, 7) is 6.05. The molecule has 1 amide bonds. The number of carbonyl (C=O) groups is 1. The Labute approximate surface area is 141 Å². The van der Waals surface area contributed by atoms with Crippen LogP contribution in [-0.4, -0.2) is 45.0 Å². The van der Waals surface area contributed by atoms with Crippen LogP contribution in [0.2, 0.25) is 0 Å². The van der Waals surface area contributed by atoms with Gasteiger partial charge in [-0.2, -0.15) is 0 Å². The minimum Gasteiger partial charge on any atom is -0.348 e. The molecule has 0 aliphatic heterocycles. The molecule has 2 N–H and O–H groups in total. The van der Waals surface area contributed by atoms with E-state index in [4.69, 9.17) is 5.84 Å². The van der Waals surface area contributed by atoms with Crippen LogP contribution in [0.3, 0.4) is 0 Å². The summed E-state index contributed by atoms with van der Waals surface area (Å²) in [4.78, 5) is 13.9. The third-order valence-corrected chi connectivity index (χ3v) is 4.99. The third-order valence-electron chi connectivity index (χ3n) is 3.50. The third kappa shape index (κ3) is 3.85. The summed E-state index contributed by atoms with van der Waals surface area (Å²) in [5, 5.41) is 8.62. The molecule has 0 saturated carbocycles. The number of nitrogens with two attached hydrogens (primary N) is 1. The van der Waals surface area contributed by atoms with Gasteiger partial charge in [-0.05, 0) is 12.8 Å². The predicted molar refractivity (Wildman–Crippen MR) is 93.5 cm³/mol. The van der Waals surface area contributed by atoms with Gasteiger partial charge in [0.1, 0.15) is 0 Å². The number of nitrogens with zero attached hydrogens (tertiary/aromatic N) is 4. The zero-order chi connectivity index (χ0) is 17.1. The molecule has 0 aliphatic carbocycles. The number of nitrogen functional groups attached to an aromatic ring is 1. The molecule has 2 aromatic rings. The molecule has 1 unspecified atom stereocenters. The van der Waals surface area contributed by atoms with Crippen molar-refractivity contribution >= 4 is 17.7 Å². The number of thioether (sulfide) groups is 1. The Bertz CT molecular complexity index is 678. The van der Waals surface area contributed by atoms with Gasteiger partial charge in [-0.15, -0.1) is 10.2 Å². The minimum atomic E-state index is -0.248. The van der Waals surface area contributed by atoms with Crippen molar-refractivity contribution in [1.29, 1.82) is 0 Å². The second-order valence-electron chi connectivity index (χ2n) is 6.06. The van der Waals surface area contributed by atoms with Gasteiger partial charge in [0.05, 0.1) is 5.25 Å². The summed E-state index contributed by atoms with van der Waals surface area (Å²) in [6.07, 6.45) is 0. The maximum absolute atomic E-state index is 12.3. The summed E-state index contributed by atoms with van der Waals surface area (Å²) in [5.41, 5.74) is 2.07. The molecule has 1 heterocycles. The topological polar surface area (TPSA) is 77.0 Å². The van der Waals surface area contributed by atoms with Gasteiger partial charge in [0.25, 0.3) is 0 Å². The number of aromatic nitrogens is 3. The Kier molecular flexibility index (Phi) is 5.30. The van der Waals surface area contributed by atoms with Crippen LogP contribution in [0.15, 0.2) is 29.4 Å². The zero-order valence-corrected chi connectivity index (χ0v) is 15.0. The number of hydrogen-bond acceptors (Lipinski definition) is 5. The van der Waals surface area contributed by atoms with Gasteiger partial charge in [0.15, 0.2) is 5.82 Å². The molecule has 0 spiro atoms. The van der Waals surface area contributed by atoms with Crippen LogP contribution in [-0.2, 0) is 4.79 Å². The van der Waals surface area contributed by atoms with Gasteiger partial charge >= 0.3 is 0 Å². The Morgan fingerprint density at radius 1 is 1.22 bits per heavy atom. The Morgan fingerprint density at radius 2 is 1.83 bits per heavy atom. The van der Waals surface area contributed by atoms with Crippen LogP contribution < -0.4 is 5.84 Å². The average molecular weight is 333 g/mol. The molecule has 7 heteroatoms. The number of hydrogen-bond donors (Lipinski definition) is 1. The predicted octanol–water partition coefficient (Wildman–Crippen LogP) is 2.17. The fraction of sp³-hybridized carbons (Fsp3) is 0.438. The highest BCUT2D eigenvalue weighted by Gasteiger charge is 2.27. The van der Waals surface area contributed by atoms with E-state index in [2.05, 4.69) is 10.2 Å². The number of rotatable bonds is 5. The molecule has 0 aliphatic rings. The van der Waals surface area contributed by atoms with Crippen LogP contribution in [0.4, 0.5) is 0 Å². The first-order valence-corrected chi connectivity index (χ1v) is 8.34. The largest absolute Gasteiger partial charge is 0.348 e. The summed E-state index contributed by atoms with van der Waals surface area (Å²) in [5.74, 6) is 6.94. The number of carbonyl (C=O) groups excluding carboxylic acids is 1. The van der Waals surface area contributed by atoms with E-state index in [0.717, 1.165) is 5.56 Å². The lowest BCUT2D eigenvalue weighted by molar-refractivity contribution is -0.128. The number of benzene rings is 1. The molecule has 0 fully saturated rings. The maximum atomic E-state index is 12.3. The van der Waals surface area contributed by atoms with E-state index in [1.54, 1.807) is 19.0 Å².